The molecule has 8 heteroatoms. The molecule has 0 saturated heterocycles. The van der Waals surface area contributed by atoms with Crippen LogP contribution < -0.4 is 5.32 Å². The van der Waals surface area contributed by atoms with E-state index in [-0.39, 0.29) is 5.69 Å². The molecule has 94 valence electrons. The van der Waals surface area contributed by atoms with Crippen molar-refractivity contribution in [1.29, 1.82) is 0 Å². The molecule has 1 N–H and O–H groups in total. The highest BCUT2D eigenvalue weighted by Gasteiger charge is 2.17. The molecule has 2 aromatic rings. The molecule has 18 heavy (non-hydrogen) atoms. The summed E-state index contributed by atoms with van der Waals surface area (Å²) in [6.07, 6.45) is 1.30. The molecule has 0 bridgehead atoms. The van der Waals surface area contributed by atoms with Gasteiger partial charge in [-0.1, -0.05) is 5.21 Å². The lowest BCUT2D eigenvalue weighted by molar-refractivity contribution is 0.102. The minimum Gasteiger partial charge on any atom is -0.318 e. The van der Waals surface area contributed by atoms with Crippen LogP contribution in [-0.2, 0) is 7.05 Å². The molecule has 5 nitrogen and oxygen atoms in total. The molecule has 0 fully saturated rings. The lowest BCUT2D eigenvalue weighted by Crippen LogP contribution is -2.14. The Kier molecular flexibility index (Phi) is 3.00. The van der Waals surface area contributed by atoms with Crippen LogP contribution in [0.15, 0.2) is 18.3 Å². The number of hydrogen-bond donors (Lipinski definition) is 1. The van der Waals surface area contributed by atoms with Gasteiger partial charge in [0.1, 0.15) is 0 Å². The topological polar surface area (TPSA) is 59.8 Å². The zero-order valence-electron chi connectivity index (χ0n) is 9.12. The summed E-state index contributed by atoms with van der Waals surface area (Å²) in [7, 11) is 1.54. The maximum atomic E-state index is 13.3. The fraction of sp³-hybridized carbons (Fsp3) is 0.100. The van der Waals surface area contributed by atoms with Gasteiger partial charge in [0.25, 0.3) is 5.91 Å². The molecule has 0 saturated carbocycles. The van der Waals surface area contributed by atoms with Crippen LogP contribution in [0.25, 0.3) is 0 Å². The molecule has 1 amide bonds. The van der Waals surface area contributed by atoms with Crippen molar-refractivity contribution in [3.05, 3.63) is 41.5 Å². The number of carbonyl (C=O) groups is 1. The van der Waals surface area contributed by atoms with Crippen molar-refractivity contribution in [3.63, 3.8) is 0 Å². The number of benzene rings is 1. The van der Waals surface area contributed by atoms with Crippen molar-refractivity contribution in [2.45, 2.75) is 0 Å². The van der Waals surface area contributed by atoms with E-state index < -0.39 is 29.0 Å². The van der Waals surface area contributed by atoms with Gasteiger partial charge in [0, 0.05) is 7.05 Å². The van der Waals surface area contributed by atoms with Gasteiger partial charge in [-0.15, -0.1) is 5.10 Å². The fourth-order valence-electron chi connectivity index (χ4n) is 1.26. The second-order valence-electron chi connectivity index (χ2n) is 3.45. The van der Waals surface area contributed by atoms with E-state index in [9.17, 15) is 18.0 Å². The van der Waals surface area contributed by atoms with Gasteiger partial charge >= 0.3 is 0 Å². The number of amides is 1. The Morgan fingerprint density at radius 2 is 2.00 bits per heavy atom. The Hall–Kier alpha value is -2.38. The Bertz CT molecular complexity index is 611. The predicted molar refractivity (Wildman–Crippen MR) is 55.3 cm³/mol. The highest BCUT2D eigenvalue weighted by atomic mass is 19.2. The summed E-state index contributed by atoms with van der Waals surface area (Å²) in [4.78, 5) is 11.6. The number of anilines is 1. The van der Waals surface area contributed by atoms with E-state index in [1.165, 1.54) is 10.9 Å². The second kappa shape index (κ2) is 4.47. The number of rotatable bonds is 2. The summed E-state index contributed by atoms with van der Waals surface area (Å²) < 4.78 is 40.1. The standard InChI is InChI=1S/C10H7F3N4O/c1-17-4-7(15-16-17)10(18)14-6-3-2-5(11)8(12)9(6)13/h2-4H,1H3,(H,14,18). The molecular formula is C10H7F3N4O. The molecule has 0 unspecified atom stereocenters. The highest BCUT2D eigenvalue weighted by Crippen LogP contribution is 2.19. The monoisotopic (exact) mass is 256 g/mol. The van der Waals surface area contributed by atoms with Gasteiger partial charge in [0.05, 0.1) is 11.9 Å². The summed E-state index contributed by atoms with van der Waals surface area (Å²) in [6.45, 7) is 0. The molecule has 0 radical (unpaired) electrons. The van der Waals surface area contributed by atoms with Crippen LogP contribution in [0.5, 0.6) is 0 Å². The maximum Gasteiger partial charge on any atom is 0.277 e. The van der Waals surface area contributed by atoms with Gasteiger partial charge in [-0.05, 0) is 12.1 Å². The third-order valence-electron chi connectivity index (χ3n) is 2.12. The van der Waals surface area contributed by atoms with E-state index in [2.05, 4.69) is 15.6 Å². The van der Waals surface area contributed by atoms with Gasteiger partial charge < -0.3 is 5.32 Å². The first-order chi connectivity index (χ1) is 8.49. The smallest absolute Gasteiger partial charge is 0.277 e. The van der Waals surface area contributed by atoms with E-state index in [1.807, 2.05) is 0 Å². The zero-order chi connectivity index (χ0) is 13.3. The SMILES string of the molecule is Cn1cc(C(=O)Nc2ccc(F)c(F)c2F)nn1. The molecule has 1 aromatic carbocycles. The summed E-state index contributed by atoms with van der Waals surface area (Å²) in [6, 6.07) is 1.63. The first kappa shape index (κ1) is 12.1. The fourth-order valence-corrected chi connectivity index (χ4v) is 1.26. The first-order valence-corrected chi connectivity index (χ1v) is 4.80. The Morgan fingerprint density at radius 1 is 1.28 bits per heavy atom. The van der Waals surface area contributed by atoms with Gasteiger partial charge in [0.15, 0.2) is 23.1 Å². The minimum atomic E-state index is -1.65. The number of aryl methyl sites for hydroxylation is 1. The number of nitrogens with one attached hydrogen (secondary N) is 1. The summed E-state index contributed by atoms with van der Waals surface area (Å²) in [5.41, 5.74) is -0.536. The zero-order valence-corrected chi connectivity index (χ0v) is 9.12. The van der Waals surface area contributed by atoms with Crippen LogP contribution in [0.3, 0.4) is 0 Å². The number of nitrogens with zero attached hydrogens (tertiary/aromatic N) is 3. The molecule has 1 aromatic heterocycles. The molecule has 0 aliphatic carbocycles. The van der Waals surface area contributed by atoms with E-state index in [1.54, 1.807) is 7.05 Å². The molecule has 0 atom stereocenters. The van der Waals surface area contributed by atoms with Crippen molar-refractivity contribution in [1.82, 2.24) is 15.0 Å². The minimum absolute atomic E-state index is 0.0679. The third kappa shape index (κ3) is 2.17. The van der Waals surface area contributed by atoms with Gasteiger partial charge in [-0.2, -0.15) is 0 Å². The summed E-state index contributed by atoms with van der Waals surface area (Å²) >= 11 is 0. The summed E-state index contributed by atoms with van der Waals surface area (Å²) in [5, 5.41) is 9.08. The van der Waals surface area contributed by atoms with E-state index in [0.29, 0.717) is 6.07 Å². The molecule has 0 aliphatic heterocycles. The van der Waals surface area contributed by atoms with Crippen LogP contribution in [0.1, 0.15) is 10.5 Å². The molecule has 0 aliphatic rings. The second-order valence-corrected chi connectivity index (χ2v) is 3.45. The lowest BCUT2D eigenvalue weighted by atomic mass is 10.2. The van der Waals surface area contributed by atoms with Crippen molar-refractivity contribution in [2.24, 2.45) is 7.05 Å². The molecule has 2 rings (SSSR count). The van der Waals surface area contributed by atoms with Crippen molar-refractivity contribution < 1.29 is 18.0 Å². The largest absolute Gasteiger partial charge is 0.318 e. The van der Waals surface area contributed by atoms with Crippen LogP contribution in [-0.4, -0.2) is 20.9 Å². The number of halogens is 3. The third-order valence-corrected chi connectivity index (χ3v) is 2.12. The van der Waals surface area contributed by atoms with Crippen molar-refractivity contribution >= 4 is 11.6 Å². The van der Waals surface area contributed by atoms with Crippen LogP contribution in [0.2, 0.25) is 0 Å². The van der Waals surface area contributed by atoms with Crippen molar-refractivity contribution in [3.8, 4) is 0 Å². The van der Waals surface area contributed by atoms with Gasteiger partial charge in [-0.25, -0.2) is 13.2 Å². The Labute approximate surface area is 99.2 Å². The van der Waals surface area contributed by atoms with E-state index in [0.717, 1.165) is 6.07 Å². The highest BCUT2D eigenvalue weighted by molar-refractivity contribution is 6.02. The average Bonchev–Trinajstić information content (AvgIpc) is 2.77. The average molecular weight is 256 g/mol. The van der Waals surface area contributed by atoms with E-state index in [4.69, 9.17) is 0 Å². The van der Waals surface area contributed by atoms with Crippen LogP contribution in [0.4, 0.5) is 18.9 Å². The van der Waals surface area contributed by atoms with Gasteiger partial charge in [-0.3, -0.25) is 9.48 Å². The molecular weight excluding hydrogens is 249 g/mol. The normalized spacial score (nSPS) is 10.4. The number of hydrogen-bond acceptors (Lipinski definition) is 3. The Balaban J connectivity index is 2.25. The number of aromatic nitrogens is 3. The predicted octanol–water partition coefficient (Wildman–Crippen LogP) is 1.48. The number of carbonyl (C=O) groups excluding carboxylic acids is 1. The Morgan fingerprint density at radius 3 is 2.61 bits per heavy atom. The molecule has 1 heterocycles. The maximum absolute atomic E-state index is 13.3. The van der Waals surface area contributed by atoms with Gasteiger partial charge in [0.2, 0.25) is 0 Å². The lowest BCUT2D eigenvalue weighted by Gasteiger charge is -2.05. The van der Waals surface area contributed by atoms with Crippen LogP contribution >= 0.6 is 0 Å². The van der Waals surface area contributed by atoms with Crippen molar-refractivity contribution in [2.75, 3.05) is 5.32 Å². The quantitative estimate of drug-likeness (QED) is 0.828. The first-order valence-electron chi connectivity index (χ1n) is 4.80. The molecule has 0 spiro atoms. The van der Waals surface area contributed by atoms with E-state index >= 15 is 0 Å². The summed E-state index contributed by atoms with van der Waals surface area (Å²) in [5.74, 6) is -5.21. The van der Waals surface area contributed by atoms with Crippen LogP contribution in [0, 0.1) is 17.5 Å².